The van der Waals surface area contributed by atoms with Crippen LogP contribution in [0.2, 0.25) is 0 Å². The van der Waals surface area contributed by atoms with Crippen LogP contribution < -0.4 is 11.1 Å². The summed E-state index contributed by atoms with van der Waals surface area (Å²) in [6.07, 6.45) is 0. The molecule has 1 atom stereocenters. The van der Waals surface area contributed by atoms with Crippen molar-refractivity contribution >= 4 is 11.6 Å². The van der Waals surface area contributed by atoms with Gasteiger partial charge in [-0.2, -0.15) is 0 Å². The SMILES string of the molecule is C[C@H](N)C(=O)Nc1cccc(-c2nnnn2C)c1. The molecular weight excluding hydrogens is 232 g/mol. The summed E-state index contributed by atoms with van der Waals surface area (Å²) in [5.74, 6) is 0.398. The number of carbonyl (C=O) groups is 1. The lowest BCUT2D eigenvalue weighted by atomic mass is 10.2. The summed E-state index contributed by atoms with van der Waals surface area (Å²) in [5, 5.41) is 14.0. The number of carbonyl (C=O) groups excluding carboxylic acids is 1. The van der Waals surface area contributed by atoms with E-state index in [0.29, 0.717) is 11.5 Å². The van der Waals surface area contributed by atoms with Crippen molar-refractivity contribution in [2.45, 2.75) is 13.0 Å². The maximum absolute atomic E-state index is 11.5. The average Bonchev–Trinajstić information content (AvgIpc) is 2.75. The molecule has 18 heavy (non-hydrogen) atoms. The number of nitrogens with zero attached hydrogens (tertiary/aromatic N) is 4. The fraction of sp³-hybridized carbons (Fsp3) is 0.273. The Morgan fingerprint density at radius 3 is 2.89 bits per heavy atom. The predicted octanol–water partition coefficient (Wildman–Crippen LogP) is 0.163. The second-order valence-electron chi connectivity index (χ2n) is 3.98. The lowest BCUT2D eigenvalue weighted by molar-refractivity contribution is -0.117. The Balaban J connectivity index is 2.26. The van der Waals surface area contributed by atoms with E-state index in [-0.39, 0.29) is 5.91 Å². The molecule has 0 saturated carbocycles. The van der Waals surface area contributed by atoms with Crippen LogP contribution in [0.15, 0.2) is 24.3 Å². The number of aryl methyl sites for hydroxylation is 1. The summed E-state index contributed by atoms with van der Waals surface area (Å²) in [6, 6.07) is 6.72. The van der Waals surface area contributed by atoms with Gasteiger partial charge in [0.05, 0.1) is 6.04 Å². The zero-order chi connectivity index (χ0) is 13.1. The number of anilines is 1. The molecule has 0 radical (unpaired) electrons. The standard InChI is InChI=1S/C11H14N6O/c1-7(12)11(18)13-9-5-3-4-8(6-9)10-14-15-16-17(10)2/h3-7H,12H2,1-2H3,(H,13,18)/t7-/m0/s1. The number of aromatic nitrogens is 4. The molecule has 0 spiro atoms. The van der Waals surface area contributed by atoms with Gasteiger partial charge in [-0.05, 0) is 29.5 Å². The van der Waals surface area contributed by atoms with Gasteiger partial charge in [0.1, 0.15) is 0 Å². The topological polar surface area (TPSA) is 98.7 Å². The molecule has 0 aliphatic heterocycles. The Bertz CT molecular complexity index is 562. The Hall–Kier alpha value is -2.28. The summed E-state index contributed by atoms with van der Waals surface area (Å²) in [5.41, 5.74) is 6.98. The van der Waals surface area contributed by atoms with Crippen LogP contribution in [0, 0.1) is 0 Å². The molecule has 94 valence electrons. The Kier molecular flexibility index (Phi) is 3.33. The van der Waals surface area contributed by atoms with E-state index in [1.54, 1.807) is 30.8 Å². The Morgan fingerprint density at radius 1 is 1.50 bits per heavy atom. The summed E-state index contributed by atoms with van der Waals surface area (Å²) >= 11 is 0. The van der Waals surface area contributed by atoms with Crippen LogP contribution in [-0.2, 0) is 11.8 Å². The lowest BCUT2D eigenvalue weighted by Crippen LogP contribution is -2.32. The van der Waals surface area contributed by atoms with Crippen LogP contribution in [0.25, 0.3) is 11.4 Å². The molecule has 0 bridgehead atoms. The summed E-state index contributed by atoms with van der Waals surface area (Å²) in [4.78, 5) is 11.5. The van der Waals surface area contributed by atoms with E-state index in [2.05, 4.69) is 20.8 Å². The number of amides is 1. The van der Waals surface area contributed by atoms with Crippen molar-refractivity contribution in [3.05, 3.63) is 24.3 Å². The van der Waals surface area contributed by atoms with Crippen LogP contribution in [0.5, 0.6) is 0 Å². The maximum Gasteiger partial charge on any atom is 0.240 e. The van der Waals surface area contributed by atoms with E-state index in [1.165, 1.54) is 0 Å². The third kappa shape index (κ3) is 2.51. The minimum absolute atomic E-state index is 0.233. The second-order valence-corrected chi connectivity index (χ2v) is 3.98. The number of benzene rings is 1. The molecule has 7 nitrogen and oxygen atoms in total. The highest BCUT2D eigenvalue weighted by molar-refractivity contribution is 5.94. The van der Waals surface area contributed by atoms with Crippen LogP contribution in [0.1, 0.15) is 6.92 Å². The largest absolute Gasteiger partial charge is 0.325 e. The third-order valence-corrected chi connectivity index (χ3v) is 2.42. The number of nitrogens with one attached hydrogen (secondary N) is 1. The molecule has 0 aliphatic carbocycles. The predicted molar refractivity (Wildman–Crippen MR) is 66.5 cm³/mol. The molecule has 1 aromatic heterocycles. The number of hydrogen-bond donors (Lipinski definition) is 2. The molecule has 1 aromatic carbocycles. The van der Waals surface area contributed by atoms with Crippen molar-refractivity contribution in [2.24, 2.45) is 12.8 Å². The maximum atomic E-state index is 11.5. The van der Waals surface area contributed by atoms with Gasteiger partial charge in [0.25, 0.3) is 0 Å². The van der Waals surface area contributed by atoms with E-state index in [1.807, 2.05) is 12.1 Å². The first kappa shape index (κ1) is 12.2. The van der Waals surface area contributed by atoms with E-state index < -0.39 is 6.04 Å². The van der Waals surface area contributed by atoms with E-state index in [9.17, 15) is 4.79 Å². The smallest absolute Gasteiger partial charge is 0.240 e. The molecule has 0 unspecified atom stereocenters. The molecule has 0 fully saturated rings. The first-order chi connectivity index (χ1) is 8.58. The monoisotopic (exact) mass is 246 g/mol. The fourth-order valence-electron chi connectivity index (χ4n) is 1.47. The number of nitrogens with two attached hydrogens (primary N) is 1. The molecule has 0 saturated heterocycles. The molecule has 2 aromatic rings. The van der Waals surface area contributed by atoms with Gasteiger partial charge in [0, 0.05) is 18.3 Å². The number of hydrogen-bond acceptors (Lipinski definition) is 5. The summed E-state index contributed by atoms with van der Waals surface area (Å²) in [6.45, 7) is 1.63. The normalized spacial score (nSPS) is 12.2. The van der Waals surface area contributed by atoms with Crippen molar-refractivity contribution in [3.63, 3.8) is 0 Å². The summed E-state index contributed by atoms with van der Waals surface area (Å²) in [7, 11) is 1.75. The molecule has 3 N–H and O–H groups in total. The van der Waals surface area contributed by atoms with Gasteiger partial charge in [0.2, 0.25) is 5.91 Å². The molecular formula is C11H14N6O. The van der Waals surface area contributed by atoms with Gasteiger partial charge in [-0.25, -0.2) is 4.68 Å². The Labute approximate surface area is 104 Å². The van der Waals surface area contributed by atoms with Gasteiger partial charge in [-0.3, -0.25) is 4.79 Å². The van der Waals surface area contributed by atoms with E-state index in [0.717, 1.165) is 5.56 Å². The first-order valence-corrected chi connectivity index (χ1v) is 5.47. The zero-order valence-electron chi connectivity index (χ0n) is 10.2. The number of rotatable bonds is 3. The van der Waals surface area contributed by atoms with Gasteiger partial charge in [-0.15, -0.1) is 5.10 Å². The first-order valence-electron chi connectivity index (χ1n) is 5.47. The van der Waals surface area contributed by atoms with Crippen molar-refractivity contribution in [3.8, 4) is 11.4 Å². The van der Waals surface area contributed by atoms with Gasteiger partial charge in [-0.1, -0.05) is 12.1 Å². The Morgan fingerprint density at radius 2 is 2.28 bits per heavy atom. The van der Waals surface area contributed by atoms with Crippen molar-refractivity contribution in [1.29, 1.82) is 0 Å². The van der Waals surface area contributed by atoms with Crippen LogP contribution in [-0.4, -0.2) is 32.2 Å². The van der Waals surface area contributed by atoms with Gasteiger partial charge in [0.15, 0.2) is 5.82 Å². The van der Waals surface area contributed by atoms with Gasteiger partial charge >= 0.3 is 0 Å². The van der Waals surface area contributed by atoms with Gasteiger partial charge < -0.3 is 11.1 Å². The van der Waals surface area contributed by atoms with Crippen molar-refractivity contribution in [1.82, 2.24) is 20.2 Å². The number of tetrazole rings is 1. The second kappa shape index (κ2) is 4.92. The highest BCUT2D eigenvalue weighted by atomic mass is 16.2. The average molecular weight is 246 g/mol. The lowest BCUT2D eigenvalue weighted by Gasteiger charge is -2.08. The minimum Gasteiger partial charge on any atom is -0.325 e. The van der Waals surface area contributed by atoms with E-state index in [4.69, 9.17) is 5.73 Å². The highest BCUT2D eigenvalue weighted by Gasteiger charge is 2.10. The van der Waals surface area contributed by atoms with Crippen LogP contribution in [0.4, 0.5) is 5.69 Å². The highest BCUT2D eigenvalue weighted by Crippen LogP contribution is 2.19. The van der Waals surface area contributed by atoms with Crippen molar-refractivity contribution in [2.75, 3.05) is 5.32 Å². The molecule has 2 rings (SSSR count). The van der Waals surface area contributed by atoms with Crippen LogP contribution in [0.3, 0.4) is 0 Å². The molecule has 7 heteroatoms. The third-order valence-electron chi connectivity index (χ3n) is 2.42. The molecule has 1 heterocycles. The quantitative estimate of drug-likeness (QED) is 0.804. The fourth-order valence-corrected chi connectivity index (χ4v) is 1.47. The minimum atomic E-state index is -0.551. The zero-order valence-corrected chi connectivity index (χ0v) is 10.2. The van der Waals surface area contributed by atoms with Crippen molar-refractivity contribution < 1.29 is 4.79 Å². The molecule has 0 aliphatic rings. The van der Waals surface area contributed by atoms with E-state index >= 15 is 0 Å². The summed E-state index contributed by atoms with van der Waals surface area (Å²) < 4.78 is 1.56. The van der Waals surface area contributed by atoms with Crippen LogP contribution >= 0.6 is 0 Å². The molecule has 1 amide bonds.